The number of rotatable bonds is 5. The number of ketones is 1. The molecule has 2 aromatic rings. The van der Waals surface area contributed by atoms with Gasteiger partial charge in [-0.1, -0.05) is 38.1 Å². The molecule has 1 aromatic carbocycles. The van der Waals surface area contributed by atoms with E-state index in [1.165, 1.54) is 11.8 Å². The summed E-state index contributed by atoms with van der Waals surface area (Å²) < 4.78 is 7.87. The number of aromatic nitrogens is 2. The lowest BCUT2D eigenvalue weighted by Crippen LogP contribution is -2.40. The second-order valence-electron chi connectivity index (χ2n) is 7.02. The molecule has 0 N–H and O–H groups in total. The molecule has 0 spiro atoms. The number of benzene rings is 1. The van der Waals surface area contributed by atoms with Crippen LogP contribution in [0.15, 0.2) is 30.5 Å². The zero-order valence-corrected chi connectivity index (χ0v) is 15.5. The Morgan fingerprint density at radius 3 is 2.44 bits per heavy atom. The SMILES string of the molecule is CC(C)Cc1ccc(C(=O)C2CCN(C(=O)c3cnsn3)CC2)cc1. The van der Waals surface area contributed by atoms with E-state index in [9.17, 15) is 9.59 Å². The number of carbonyl (C=O) groups excluding carboxylic acids is 2. The second-order valence-corrected chi connectivity index (χ2v) is 7.57. The van der Waals surface area contributed by atoms with E-state index in [1.54, 1.807) is 4.90 Å². The van der Waals surface area contributed by atoms with E-state index in [-0.39, 0.29) is 17.6 Å². The third-order valence-electron chi connectivity index (χ3n) is 4.62. The van der Waals surface area contributed by atoms with Crippen LogP contribution >= 0.6 is 11.7 Å². The Kier molecular flexibility index (Phi) is 5.58. The first kappa shape index (κ1) is 17.7. The topological polar surface area (TPSA) is 63.2 Å². The van der Waals surface area contributed by atoms with Crippen molar-refractivity contribution >= 4 is 23.4 Å². The third-order valence-corrected chi connectivity index (χ3v) is 5.09. The van der Waals surface area contributed by atoms with Crippen LogP contribution in [0, 0.1) is 11.8 Å². The van der Waals surface area contributed by atoms with E-state index in [4.69, 9.17) is 0 Å². The highest BCUT2D eigenvalue weighted by Crippen LogP contribution is 2.23. The molecule has 0 radical (unpaired) electrons. The Morgan fingerprint density at radius 1 is 1.20 bits per heavy atom. The van der Waals surface area contributed by atoms with Gasteiger partial charge in [0.15, 0.2) is 11.5 Å². The fourth-order valence-electron chi connectivity index (χ4n) is 3.28. The summed E-state index contributed by atoms with van der Waals surface area (Å²) in [6.07, 6.45) is 3.94. The van der Waals surface area contributed by atoms with Gasteiger partial charge in [-0.3, -0.25) is 9.59 Å². The summed E-state index contributed by atoms with van der Waals surface area (Å²) in [5.41, 5.74) is 2.44. The fourth-order valence-corrected chi connectivity index (χ4v) is 3.69. The van der Waals surface area contributed by atoms with Crippen LogP contribution in [-0.4, -0.2) is 38.4 Å². The molecular formula is C19H23N3O2S. The molecule has 0 bridgehead atoms. The summed E-state index contributed by atoms with van der Waals surface area (Å²) in [5.74, 6) is 0.709. The second kappa shape index (κ2) is 7.87. The summed E-state index contributed by atoms with van der Waals surface area (Å²) in [4.78, 5) is 26.8. The van der Waals surface area contributed by atoms with Gasteiger partial charge < -0.3 is 4.90 Å². The first-order valence-corrected chi connectivity index (χ1v) is 9.47. The number of piperidine rings is 1. The minimum atomic E-state index is -0.0855. The predicted molar refractivity (Wildman–Crippen MR) is 97.9 cm³/mol. The molecule has 1 saturated heterocycles. The maximum atomic E-state index is 12.7. The van der Waals surface area contributed by atoms with E-state index >= 15 is 0 Å². The van der Waals surface area contributed by atoms with Gasteiger partial charge in [0, 0.05) is 24.6 Å². The molecule has 2 heterocycles. The van der Waals surface area contributed by atoms with Crippen molar-refractivity contribution in [3.8, 4) is 0 Å². The van der Waals surface area contributed by atoms with E-state index < -0.39 is 0 Å². The zero-order chi connectivity index (χ0) is 17.8. The summed E-state index contributed by atoms with van der Waals surface area (Å²) in [6, 6.07) is 8.00. The molecule has 5 nitrogen and oxygen atoms in total. The summed E-state index contributed by atoms with van der Waals surface area (Å²) >= 11 is 1.04. The number of hydrogen-bond donors (Lipinski definition) is 0. The number of hydrogen-bond acceptors (Lipinski definition) is 5. The normalized spacial score (nSPS) is 15.6. The maximum absolute atomic E-state index is 12.7. The van der Waals surface area contributed by atoms with Gasteiger partial charge >= 0.3 is 0 Å². The largest absolute Gasteiger partial charge is 0.337 e. The average Bonchev–Trinajstić information content (AvgIpc) is 3.15. The van der Waals surface area contributed by atoms with Crippen molar-refractivity contribution < 1.29 is 9.59 Å². The molecule has 0 aliphatic carbocycles. The van der Waals surface area contributed by atoms with Crippen molar-refractivity contribution in [2.24, 2.45) is 11.8 Å². The van der Waals surface area contributed by atoms with Crippen LogP contribution in [0.3, 0.4) is 0 Å². The van der Waals surface area contributed by atoms with Crippen LogP contribution in [0.2, 0.25) is 0 Å². The van der Waals surface area contributed by atoms with Crippen LogP contribution in [0.5, 0.6) is 0 Å². The van der Waals surface area contributed by atoms with Gasteiger partial charge in [-0.2, -0.15) is 8.75 Å². The Bertz CT molecular complexity index is 718. The van der Waals surface area contributed by atoms with Crippen molar-refractivity contribution in [3.05, 3.63) is 47.3 Å². The lowest BCUT2D eigenvalue weighted by molar-refractivity contribution is 0.0646. The molecule has 132 valence electrons. The zero-order valence-electron chi connectivity index (χ0n) is 14.6. The van der Waals surface area contributed by atoms with Gasteiger partial charge in [0.2, 0.25) is 0 Å². The number of Topliss-reactive ketones (excluding diaryl/α,β-unsaturated/α-hetero) is 1. The number of carbonyl (C=O) groups is 2. The molecule has 25 heavy (non-hydrogen) atoms. The van der Waals surface area contributed by atoms with E-state index in [1.807, 2.05) is 12.1 Å². The van der Waals surface area contributed by atoms with Crippen molar-refractivity contribution in [1.82, 2.24) is 13.6 Å². The highest BCUT2D eigenvalue weighted by Gasteiger charge is 2.29. The molecule has 0 unspecified atom stereocenters. The van der Waals surface area contributed by atoms with Crippen molar-refractivity contribution in [1.29, 1.82) is 0 Å². The minimum Gasteiger partial charge on any atom is -0.337 e. The molecule has 1 fully saturated rings. The molecule has 0 saturated carbocycles. The molecule has 3 rings (SSSR count). The Balaban J connectivity index is 1.57. The number of nitrogens with zero attached hydrogens (tertiary/aromatic N) is 3. The number of amides is 1. The van der Waals surface area contributed by atoms with E-state index in [0.29, 0.717) is 37.5 Å². The molecule has 0 atom stereocenters. The van der Waals surface area contributed by atoms with Gasteiger partial charge in [-0.05, 0) is 30.7 Å². The third kappa shape index (κ3) is 4.31. The van der Waals surface area contributed by atoms with Crippen LogP contribution in [-0.2, 0) is 6.42 Å². The minimum absolute atomic E-state index is 0.00597. The molecule has 6 heteroatoms. The van der Waals surface area contributed by atoms with Gasteiger partial charge in [0.25, 0.3) is 5.91 Å². The fraction of sp³-hybridized carbons (Fsp3) is 0.474. The Labute approximate surface area is 152 Å². The summed E-state index contributed by atoms with van der Waals surface area (Å²) in [7, 11) is 0. The lowest BCUT2D eigenvalue weighted by Gasteiger charge is -2.30. The summed E-state index contributed by atoms with van der Waals surface area (Å²) in [5, 5.41) is 0. The monoisotopic (exact) mass is 357 g/mol. The molecule has 1 aliphatic rings. The van der Waals surface area contributed by atoms with Crippen LogP contribution < -0.4 is 0 Å². The first-order valence-electron chi connectivity index (χ1n) is 8.74. The highest BCUT2D eigenvalue weighted by atomic mass is 32.1. The van der Waals surface area contributed by atoms with Gasteiger partial charge in [0.1, 0.15) is 0 Å². The lowest BCUT2D eigenvalue weighted by atomic mass is 9.88. The van der Waals surface area contributed by atoms with Crippen LogP contribution in [0.1, 0.15) is 53.1 Å². The van der Waals surface area contributed by atoms with Crippen molar-refractivity contribution in [2.45, 2.75) is 33.1 Å². The Hall–Kier alpha value is -2.08. The first-order chi connectivity index (χ1) is 12.0. The average molecular weight is 357 g/mol. The number of likely N-dealkylation sites (tertiary alicyclic amines) is 1. The quantitative estimate of drug-likeness (QED) is 0.769. The molecular weight excluding hydrogens is 334 g/mol. The molecule has 1 amide bonds. The van der Waals surface area contributed by atoms with Crippen LogP contribution in [0.4, 0.5) is 0 Å². The van der Waals surface area contributed by atoms with Gasteiger partial charge in [-0.25, -0.2) is 0 Å². The smallest absolute Gasteiger partial charge is 0.275 e. The summed E-state index contributed by atoms with van der Waals surface area (Å²) in [6.45, 7) is 5.57. The standard InChI is InChI=1S/C19H23N3O2S/c1-13(2)11-14-3-5-15(6-4-14)18(23)16-7-9-22(10-8-16)19(24)17-12-20-25-21-17/h3-6,12-13,16H,7-11H2,1-2H3. The van der Waals surface area contributed by atoms with Crippen LogP contribution in [0.25, 0.3) is 0 Å². The van der Waals surface area contributed by atoms with Crippen molar-refractivity contribution in [3.63, 3.8) is 0 Å². The van der Waals surface area contributed by atoms with E-state index in [0.717, 1.165) is 23.7 Å². The predicted octanol–water partition coefficient (Wildman–Crippen LogP) is 3.47. The highest BCUT2D eigenvalue weighted by molar-refractivity contribution is 6.99. The van der Waals surface area contributed by atoms with Crippen molar-refractivity contribution in [2.75, 3.05) is 13.1 Å². The Morgan fingerprint density at radius 2 is 1.88 bits per heavy atom. The molecule has 1 aromatic heterocycles. The maximum Gasteiger partial charge on any atom is 0.275 e. The van der Waals surface area contributed by atoms with Gasteiger partial charge in [-0.15, -0.1) is 0 Å². The molecule has 1 aliphatic heterocycles. The van der Waals surface area contributed by atoms with E-state index in [2.05, 4.69) is 34.7 Å². The van der Waals surface area contributed by atoms with Gasteiger partial charge in [0.05, 0.1) is 17.9 Å².